The molecule has 3 aromatic rings. The summed E-state index contributed by atoms with van der Waals surface area (Å²) >= 11 is 0. The number of hydrogen-bond donors (Lipinski definition) is 0. The molecule has 0 fully saturated rings. The van der Waals surface area contributed by atoms with Gasteiger partial charge < -0.3 is 4.74 Å². The Morgan fingerprint density at radius 1 is 1.00 bits per heavy atom. The van der Waals surface area contributed by atoms with Crippen molar-refractivity contribution in [3.63, 3.8) is 0 Å². The van der Waals surface area contributed by atoms with E-state index in [1.807, 2.05) is 17.7 Å². The molecule has 3 rings (SSSR count). The zero-order valence-electron chi connectivity index (χ0n) is 15.9. The highest BCUT2D eigenvalue weighted by Gasteiger charge is 2.18. The van der Waals surface area contributed by atoms with Gasteiger partial charge in [-0.15, -0.1) is 5.10 Å². The summed E-state index contributed by atoms with van der Waals surface area (Å²) in [7, 11) is 0. The maximum absolute atomic E-state index is 6.18. The van der Waals surface area contributed by atoms with Gasteiger partial charge in [-0.3, -0.25) is 0 Å². The van der Waals surface area contributed by atoms with Gasteiger partial charge in [0, 0.05) is 11.8 Å². The Morgan fingerprint density at radius 2 is 1.64 bits per heavy atom. The fraction of sp³-hybridized carbons (Fsp3) is 0.450. The number of benzene rings is 1. The summed E-state index contributed by atoms with van der Waals surface area (Å²) in [5.74, 6) is 0.768. The summed E-state index contributed by atoms with van der Waals surface area (Å²) in [5.41, 5.74) is 6.97. The molecule has 0 aliphatic carbocycles. The highest BCUT2D eigenvalue weighted by atomic mass is 16.5. The summed E-state index contributed by atoms with van der Waals surface area (Å²) in [5, 5.41) is 8.79. The number of fused-ring (bicyclic) bond motifs is 1. The van der Waals surface area contributed by atoms with Gasteiger partial charge in [0.25, 0.3) is 0 Å². The Bertz CT molecular complexity index is 886. The first kappa shape index (κ1) is 17.4. The van der Waals surface area contributed by atoms with Gasteiger partial charge >= 0.3 is 0 Å². The molecule has 1 aromatic carbocycles. The van der Waals surface area contributed by atoms with Crippen LogP contribution in [0.1, 0.15) is 49.1 Å². The van der Waals surface area contributed by atoms with Crippen molar-refractivity contribution in [2.45, 2.75) is 60.5 Å². The van der Waals surface area contributed by atoms with E-state index in [2.05, 4.69) is 57.1 Å². The van der Waals surface area contributed by atoms with Crippen LogP contribution in [0.25, 0.3) is 16.9 Å². The molecule has 0 bridgehead atoms. The number of aryl methyl sites for hydroxylation is 4. The SMILES string of the molecule is CCC(CC)Oc1cc(C)nc2c1nnn2-c1c(C)cc(C)cc1C. The van der Waals surface area contributed by atoms with Gasteiger partial charge in [-0.1, -0.05) is 36.8 Å². The second-order valence-electron chi connectivity index (χ2n) is 6.74. The maximum atomic E-state index is 6.18. The first-order valence-corrected chi connectivity index (χ1v) is 8.92. The van der Waals surface area contributed by atoms with E-state index >= 15 is 0 Å². The topological polar surface area (TPSA) is 52.8 Å². The minimum atomic E-state index is 0.179. The first-order valence-electron chi connectivity index (χ1n) is 8.92. The molecule has 5 heteroatoms. The number of pyridine rings is 1. The lowest BCUT2D eigenvalue weighted by Gasteiger charge is -2.16. The van der Waals surface area contributed by atoms with Crippen molar-refractivity contribution in [1.82, 2.24) is 20.0 Å². The largest absolute Gasteiger partial charge is 0.488 e. The van der Waals surface area contributed by atoms with Crippen molar-refractivity contribution in [3.05, 3.63) is 40.6 Å². The zero-order valence-corrected chi connectivity index (χ0v) is 15.9. The van der Waals surface area contributed by atoms with Gasteiger partial charge in [0.05, 0.1) is 11.8 Å². The molecule has 25 heavy (non-hydrogen) atoms. The predicted molar refractivity (Wildman–Crippen MR) is 101 cm³/mol. The maximum Gasteiger partial charge on any atom is 0.187 e. The van der Waals surface area contributed by atoms with E-state index in [0.29, 0.717) is 0 Å². The molecule has 0 amide bonds. The summed E-state index contributed by atoms with van der Waals surface area (Å²) in [4.78, 5) is 4.69. The van der Waals surface area contributed by atoms with E-state index in [4.69, 9.17) is 9.72 Å². The highest BCUT2D eigenvalue weighted by Crippen LogP contribution is 2.29. The Kier molecular flexibility index (Phi) is 4.75. The van der Waals surface area contributed by atoms with Crippen molar-refractivity contribution in [1.29, 1.82) is 0 Å². The summed E-state index contributed by atoms with van der Waals surface area (Å²) in [6.45, 7) is 12.5. The minimum absolute atomic E-state index is 0.179. The molecule has 0 saturated heterocycles. The van der Waals surface area contributed by atoms with Gasteiger partial charge in [0.2, 0.25) is 0 Å². The molecule has 0 atom stereocenters. The fourth-order valence-electron chi connectivity index (χ4n) is 3.38. The average molecular weight is 338 g/mol. The Hall–Kier alpha value is -2.43. The van der Waals surface area contributed by atoms with E-state index in [0.717, 1.165) is 52.3 Å². The van der Waals surface area contributed by atoms with E-state index in [1.54, 1.807) is 0 Å². The molecule has 0 spiro atoms. The van der Waals surface area contributed by atoms with Gasteiger partial charge in [-0.05, 0) is 51.7 Å². The first-order chi connectivity index (χ1) is 11.9. The van der Waals surface area contributed by atoms with Crippen LogP contribution >= 0.6 is 0 Å². The van der Waals surface area contributed by atoms with E-state index in [9.17, 15) is 0 Å². The zero-order chi connectivity index (χ0) is 18.1. The quantitative estimate of drug-likeness (QED) is 0.681. The second kappa shape index (κ2) is 6.82. The van der Waals surface area contributed by atoms with Crippen molar-refractivity contribution in [2.24, 2.45) is 0 Å². The number of hydrogen-bond acceptors (Lipinski definition) is 4. The molecular formula is C20H26N4O. The Balaban J connectivity index is 2.19. The van der Waals surface area contributed by atoms with E-state index in [-0.39, 0.29) is 6.10 Å². The summed E-state index contributed by atoms with van der Waals surface area (Å²) in [6, 6.07) is 6.27. The smallest absolute Gasteiger partial charge is 0.187 e. The molecule has 0 aliphatic rings. The standard InChI is InChI=1S/C20H26N4O/c1-7-16(8-2)25-17-11-15(6)21-20-18(17)22-23-24(20)19-13(4)9-12(3)10-14(19)5/h9-11,16H,7-8H2,1-6H3. The highest BCUT2D eigenvalue weighted by molar-refractivity contribution is 5.79. The molecule has 0 saturated carbocycles. The van der Waals surface area contributed by atoms with Crippen LogP contribution in [0.3, 0.4) is 0 Å². The molecule has 132 valence electrons. The van der Waals surface area contributed by atoms with Crippen LogP contribution < -0.4 is 4.74 Å². The third kappa shape index (κ3) is 3.23. The molecule has 0 aliphatic heterocycles. The number of rotatable bonds is 5. The molecule has 2 aromatic heterocycles. The third-order valence-corrected chi connectivity index (χ3v) is 4.55. The van der Waals surface area contributed by atoms with E-state index < -0.39 is 0 Å². The Labute approximate surface area is 149 Å². The predicted octanol–water partition coefficient (Wildman–Crippen LogP) is 4.62. The van der Waals surface area contributed by atoms with Crippen LogP contribution in [0.2, 0.25) is 0 Å². The Morgan fingerprint density at radius 3 is 2.24 bits per heavy atom. The molecule has 5 nitrogen and oxygen atoms in total. The van der Waals surface area contributed by atoms with Crippen molar-refractivity contribution in [2.75, 3.05) is 0 Å². The molecule has 2 heterocycles. The molecule has 0 unspecified atom stereocenters. The second-order valence-corrected chi connectivity index (χ2v) is 6.74. The lowest BCUT2D eigenvalue weighted by atomic mass is 10.1. The number of aromatic nitrogens is 4. The normalized spacial score (nSPS) is 11.5. The van der Waals surface area contributed by atoms with Crippen LogP contribution in [-0.4, -0.2) is 26.1 Å². The molecule has 0 N–H and O–H groups in total. The van der Waals surface area contributed by atoms with Gasteiger partial charge in [0.15, 0.2) is 16.9 Å². The van der Waals surface area contributed by atoms with Crippen LogP contribution in [0.15, 0.2) is 18.2 Å². The van der Waals surface area contributed by atoms with Crippen LogP contribution in [0.5, 0.6) is 5.75 Å². The van der Waals surface area contributed by atoms with E-state index in [1.165, 1.54) is 5.56 Å². The van der Waals surface area contributed by atoms with Gasteiger partial charge in [-0.2, -0.15) is 4.68 Å². The molecular weight excluding hydrogens is 312 g/mol. The average Bonchev–Trinajstić information content (AvgIpc) is 2.95. The van der Waals surface area contributed by atoms with Crippen molar-refractivity contribution < 1.29 is 4.74 Å². The summed E-state index contributed by atoms with van der Waals surface area (Å²) < 4.78 is 8.02. The summed E-state index contributed by atoms with van der Waals surface area (Å²) in [6.07, 6.45) is 2.10. The van der Waals surface area contributed by atoms with Crippen LogP contribution in [0.4, 0.5) is 0 Å². The third-order valence-electron chi connectivity index (χ3n) is 4.55. The number of ether oxygens (including phenoxy) is 1. The van der Waals surface area contributed by atoms with Crippen molar-refractivity contribution >= 4 is 11.2 Å². The lowest BCUT2D eigenvalue weighted by molar-refractivity contribution is 0.195. The molecule has 0 radical (unpaired) electrons. The van der Waals surface area contributed by atoms with Crippen LogP contribution in [-0.2, 0) is 0 Å². The minimum Gasteiger partial charge on any atom is -0.488 e. The van der Waals surface area contributed by atoms with Crippen LogP contribution in [0, 0.1) is 27.7 Å². The number of nitrogens with zero attached hydrogens (tertiary/aromatic N) is 4. The lowest BCUT2D eigenvalue weighted by Crippen LogP contribution is -2.14. The van der Waals surface area contributed by atoms with Gasteiger partial charge in [-0.25, -0.2) is 4.98 Å². The monoisotopic (exact) mass is 338 g/mol. The van der Waals surface area contributed by atoms with Crippen molar-refractivity contribution in [3.8, 4) is 11.4 Å². The van der Waals surface area contributed by atoms with Gasteiger partial charge in [0.1, 0.15) is 0 Å². The fourth-order valence-corrected chi connectivity index (χ4v) is 3.38.